The molecule has 32 valence electrons. The van der Waals surface area contributed by atoms with E-state index in [9.17, 15) is 0 Å². The van der Waals surface area contributed by atoms with Crippen LogP contribution in [0.4, 0.5) is 0 Å². The molecule has 0 saturated carbocycles. The van der Waals surface area contributed by atoms with Crippen LogP contribution in [0.2, 0.25) is 0 Å². The first-order valence-corrected chi connectivity index (χ1v) is 1.85. The van der Waals surface area contributed by atoms with Crippen molar-refractivity contribution in [3.05, 3.63) is 11.1 Å². The molecule has 0 fully saturated rings. The van der Waals surface area contributed by atoms with E-state index >= 15 is 0 Å². The third-order valence-corrected chi connectivity index (χ3v) is 0.567. The summed E-state index contributed by atoms with van der Waals surface area (Å²) < 4.78 is 0. The van der Waals surface area contributed by atoms with Gasteiger partial charge in [0.15, 0.2) is 0 Å². The summed E-state index contributed by atoms with van der Waals surface area (Å²) in [6.45, 7) is 1.90. The van der Waals surface area contributed by atoms with E-state index in [2.05, 4.69) is 20.9 Å². The number of allylic oxidation sites excluding steroid dienone is 1. The number of hydrogen-bond acceptors (Lipinski definition) is 0. The maximum absolute atomic E-state index is 2.94. The Morgan fingerprint density at radius 3 is 1.83 bits per heavy atom. The van der Waals surface area contributed by atoms with Gasteiger partial charge in [-0.05, 0) is 0 Å². The zero-order valence-electron chi connectivity index (χ0n) is 3.54. The van der Waals surface area contributed by atoms with Gasteiger partial charge >= 0.3 is 23.1 Å². The topological polar surface area (TPSA) is 0 Å². The molecule has 0 aliphatic heterocycles. The summed E-state index contributed by atoms with van der Waals surface area (Å²) in [4.78, 5) is 2.62. The van der Waals surface area contributed by atoms with Crippen LogP contribution in [-0.4, -0.2) is 23.1 Å². The molecule has 0 saturated heterocycles. The van der Waals surface area contributed by atoms with Gasteiger partial charge in [-0.25, -0.2) is 0 Å². The first-order valence-electron chi connectivity index (χ1n) is 1.06. The Balaban J connectivity index is -0.0000000450. The van der Waals surface area contributed by atoms with Gasteiger partial charge in [-0.15, -0.1) is 0 Å². The zero-order valence-corrected chi connectivity index (χ0v) is 8.13. The Hall–Kier alpha value is 1.47. The quantitative estimate of drug-likeness (QED) is 0.341. The summed E-state index contributed by atoms with van der Waals surface area (Å²) in [5, 5.41) is 0. The summed E-state index contributed by atoms with van der Waals surface area (Å²) in [5.74, 6) is 0. The van der Waals surface area contributed by atoms with E-state index in [-0.39, 0.29) is 40.0 Å². The van der Waals surface area contributed by atoms with Crippen LogP contribution in [0.3, 0.4) is 0 Å². The van der Waals surface area contributed by atoms with Gasteiger partial charge in [0.2, 0.25) is 0 Å². The minimum Gasteiger partial charge on any atom is -1.00 e. The fourth-order valence-corrected chi connectivity index (χ4v) is 0. The molecule has 0 atom stereocenters. The Morgan fingerprint density at radius 1 is 1.67 bits per heavy atom. The predicted octanol–water partition coefficient (Wildman–Crippen LogP) is -1.66. The van der Waals surface area contributed by atoms with Crippen molar-refractivity contribution in [1.82, 2.24) is 0 Å². The van der Waals surface area contributed by atoms with Gasteiger partial charge in [0.05, 0.1) is 0 Å². The second-order valence-corrected chi connectivity index (χ2v) is 0.856. The summed E-state index contributed by atoms with van der Waals surface area (Å²) in [7, 11) is 0. The van der Waals surface area contributed by atoms with Crippen LogP contribution in [0.15, 0.2) is 6.08 Å². The van der Waals surface area contributed by atoms with Crippen molar-refractivity contribution in [1.29, 1.82) is 0 Å². The van der Waals surface area contributed by atoms with Crippen LogP contribution in [0.25, 0.3) is 0 Å². The molecule has 0 heterocycles. The molecule has 0 bridgehead atoms. The molecule has 0 aliphatic carbocycles. The summed E-state index contributed by atoms with van der Waals surface area (Å²) in [6, 6.07) is 0. The largest absolute Gasteiger partial charge is 2.00 e. The van der Waals surface area contributed by atoms with Gasteiger partial charge in [-0.1, -0.05) is 6.92 Å². The molecular weight excluding hydrogens is 220 g/mol. The normalized spacial score (nSPS) is 6.33. The molecule has 6 heavy (non-hydrogen) atoms. The number of rotatable bonds is 0. The Kier molecular flexibility index (Phi) is 41.9. The third kappa shape index (κ3) is 17.9. The summed E-state index contributed by atoms with van der Waals surface area (Å²) >= 11 is 2.94. The van der Waals surface area contributed by atoms with Crippen molar-refractivity contribution >= 4 is 39.0 Å². The Bertz CT molecular complexity index is 24.0. The Morgan fingerprint density at radius 2 is 1.83 bits per heavy atom. The van der Waals surface area contributed by atoms with E-state index in [0.29, 0.717) is 0 Å². The molecule has 0 N–H and O–H groups in total. The molecule has 0 aromatic heterocycles. The van der Waals surface area contributed by atoms with E-state index in [1.807, 2.05) is 6.92 Å². The summed E-state index contributed by atoms with van der Waals surface area (Å²) in [5.41, 5.74) is 0. The first-order chi connectivity index (χ1) is 1.91. The molecule has 0 radical (unpaired) electrons. The van der Waals surface area contributed by atoms with Gasteiger partial charge in [0.1, 0.15) is 0 Å². The monoisotopic (exact) mass is 222 g/mol. The van der Waals surface area contributed by atoms with Crippen LogP contribution in [-0.2, 0) is 0 Å². The Labute approximate surface area is 73.4 Å². The standard InChI is InChI=1S/C3H4Br.BrH.Mg/c1-2-3-4;;/h2H,1H3;1H;/q-1;;+2/p-1. The van der Waals surface area contributed by atoms with Crippen molar-refractivity contribution in [2.24, 2.45) is 0 Å². The molecule has 0 aromatic rings. The second kappa shape index (κ2) is 16.1. The van der Waals surface area contributed by atoms with Crippen LogP contribution in [0.1, 0.15) is 6.92 Å². The molecular formula is C3H4Br2Mg. The second-order valence-electron chi connectivity index (χ2n) is 0.398. The maximum Gasteiger partial charge on any atom is 2.00 e. The molecule has 3 heteroatoms. The minimum absolute atomic E-state index is 0. The van der Waals surface area contributed by atoms with Gasteiger partial charge in [0, 0.05) is 0 Å². The van der Waals surface area contributed by atoms with Gasteiger partial charge < -0.3 is 37.9 Å². The maximum atomic E-state index is 2.94. The van der Waals surface area contributed by atoms with Crippen LogP contribution in [0, 0.1) is 4.99 Å². The average molecular weight is 224 g/mol. The van der Waals surface area contributed by atoms with Crippen LogP contribution in [0.5, 0.6) is 0 Å². The van der Waals surface area contributed by atoms with E-state index in [4.69, 9.17) is 0 Å². The number of halogens is 2. The van der Waals surface area contributed by atoms with Crippen molar-refractivity contribution in [3.63, 3.8) is 0 Å². The van der Waals surface area contributed by atoms with Crippen molar-refractivity contribution in [2.75, 3.05) is 0 Å². The molecule has 0 nitrogen and oxygen atoms in total. The van der Waals surface area contributed by atoms with E-state index in [1.54, 1.807) is 6.08 Å². The van der Waals surface area contributed by atoms with Crippen molar-refractivity contribution in [2.45, 2.75) is 6.92 Å². The molecule has 0 aliphatic rings. The fraction of sp³-hybridized carbons (Fsp3) is 0.333. The predicted molar refractivity (Wildman–Crippen MR) is 28.2 cm³/mol. The first kappa shape index (κ1) is 15.7. The van der Waals surface area contributed by atoms with Crippen molar-refractivity contribution in [3.8, 4) is 0 Å². The van der Waals surface area contributed by atoms with Gasteiger partial charge in [-0.2, -0.15) is 0 Å². The SMILES string of the molecule is CC=[C-]Br.[Br-].[Mg+2]. The van der Waals surface area contributed by atoms with Crippen molar-refractivity contribution < 1.29 is 17.0 Å². The van der Waals surface area contributed by atoms with E-state index in [0.717, 1.165) is 0 Å². The molecule has 0 amide bonds. The smallest absolute Gasteiger partial charge is 1.00 e. The minimum atomic E-state index is 0. The molecule has 0 unspecified atom stereocenters. The molecule has 0 aromatic carbocycles. The molecule has 0 spiro atoms. The van der Waals surface area contributed by atoms with E-state index < -0.39 is 0 Å². The van der Waals surface area contributed by atoms with Crippen LogP contribution < -0.4 is 17.0 Å². The van der Waals surface area contributed by atoms with Crippen LogP contribution >= 0.6 is 15.9 Å². The fourth-order valence-electron chi connectivity index (χ4n) is 0. The number of hydrogen-bond donors (Lipinski definition) is 0. The molecule has 0 rings (SSSR count). The third-order valence-electron chi connectivity index (χ3n) is 0.109. The van der Waals surface area contributed by atoms with E-state index in [1.165, 1.54) is 0 Å². The zero-order chi connectivity index (χ0) is 3.41. The van der Waals surface area contributed by atoms with Gasteiger partial charge in [-0.3, -0.25) is 6.08 Å². The average Bonchev–Trinajstić information content (AvgIpc) is 1.37. The summed E-state index contributed by atoms with van der Waals surface area (Å²) in [6.07, 6.45) is 1.79. The van der Waals surface area contributed by atoms with Gasteiger partial charge in [0.25, 0.3) is 0 Å².